The van der Waals surface area contributed by atoms with Crippen LogP contribution in [0.1, 0.15) is 21.5 Å². The van der Waals surface area contributed by atoms with Gasteiger partial charge in [0, 0.05) is 29.8 Å². The van der Waals surface area contributed by atoms with Gasteiger partial charge in [-0.2, -0.15) is 0 Å². The van der Waals surface area contributed by atoms with E-state index in [9.17, 15) is 14.4 Å². The van der Waals surface area contributed by atoms with Crippen LogP contribution in [-0.4, -0.2) is 28.4 Å². The first-order valence-corrected chi connectivity index (χ1v) is 10.5. The highest BCUT2D eigenvalue weighted by molar-refractivity contribution is 6.32. The van der Waals surface area contributed by atoms with Crippen molar-refractivity contribution < 1.29 is 14.3 Å². The monoisotopic (exact) mass is 461 g/mol. The topological polar surface area (TPSA) is 90.3 Å². The molecule has 0 unspecified atom stereocenters. The van der Waals surface area contributed by atoms with E-state index in [4.69, 9.17) is 16.3 Å². The summed E-state index contributed by atoms with van der Waals surface area (Å²) in [5.41, 5.74) is 1.90. The van der Waals surface area contributed by atoms with Gasteiger partial charge in [-0.05, 0) is 43.3 Å². The molecule has 0 radical (unpaired) electrons. The van der Waals surface area contributed by atoms with Gasteiger partial charge in [-0.3, -0.25) is 19.4 Å². The lowest BCUT2D eigenvalue weighted by Gasteiger charge is -2.15. The van der Waals surface area contributed by atoms with Gasteiger partial charge >= 0.3 is 0 Å². The number of hydrogen-bond donors (Lipinski definition) is 1. The minimum absolute atomic E-state index is 0.0683. The number of ether oxygens (including phenoxy) is 1. The number of fused-ring (bicyclic) bond motifs is 1. The van der Waals surface area contributed by atoms with Crippen molar-refractivity contribution in [2.75, 3.05) is 12.4 Å². The number of hydrogen-bond acceptors (Lipinski definition) is 5. The third-order valence-corrected chi connectivity index (χ3v) is 5.49. The van der Waals surface area contributed by atoms with Crippen LogP contribution in [0.4, 0.5) is 5.69 Å². The van der Waals surface area contributed by atoms with E-state index in [2.05, 4.69) is 10.3 Å². The molecule has 4 aromatic rings. The molecule has 4 rings (SSSR count). The van der Waals surface area contributed by atoms with Crippen molar-refractivity contribution in [3.8, 4) is 5.75 Å². The van der Waals surface area contributed by atoms with Gasteiger partial charge in [-0.25, -0.2) is 0 Å². The molecule has 2 aromatic carbocycles. The standard InChI is InChI=1S/C25H20ClN3O4/c1-15-3-5-17(6-4-15)28-23(30)14-29-13-19(24(31)16-7-9-27-10-8-16)25(32)18-11-22(33-2)20(26)12-21(18)29/h3-13H,14H2,1-2H3,(H,28,30). The number of anilines is 1. The van der Waals surface area contributed by atoms with Crippen LogP contribution in [-0.2, 0) is 11.3 Å². The zero-order valence-corrected chi connectivity index (χ0v) is 18.7. The van der Waals surface area contributed by atoms with E-state index >= 15 is 0 Å². The molecule has 8 heteroatoms. The van der Waals surface area contributed by atoms with Crippen LogP contribution in [0.5, 0.6) is 5.75 Å². The molecule has 0 atom stereocenters. The first-order valence-electron chi connectivity index (χ1n) is 10.1. The number of aromatic nitrogens is 2. The molecule has 2 aromatic heterocycles. The molecule has 0 saturated heterocycles. The number of aryl methyl sites for hydroxylation is 1. The van der Waals surface area contributed by atoms with Crippen LogP contribution in [0.2, 0.25) is 5.02 Å². The molecule has 0 spiro atoms. The Morgan fingerprint density at radius 1 is 1.09 bits per heavy atom. The molecule has 0 saturated carbocycles. The predicted octanol–water partition coefficient (Wildman–Crippen LogP) is 4.24. The molecule has 1 N–H and O–H groups in total. The molecular weight excluding hydrogens is 442 g/mol. The Labute approximate surface area is 194 Å². The van der Waals surface area contributed by atoms with E-state index in [0.29, 0.717) is 22.5 Å². The number of nitrogens with one attached hydrogen (secondary N) is 1. The zero-order chi connectivity index (χ0) is 23.5. The van der Waals surface area contributed by atoms with E-state index in [-0.39, 0.29) is 28.4 Å². The van der Waals surface area contributed by atoms with Crippen molar-refractivity contribution in [1.82, 2.24) is 9.55 Å². The molecule has 0 bridgehead atoms. The van der Waals surface area contributed by atoms with Crippen molar-refractivity contribution in [3.05, 3.63) is 99.1 Å². The number of amides is 1. The fourth-order valence-corrected chi connectivity index (χ4v) is 3.73. The van der Waals surface area contributed by atoms with Gasteiger partial charge in [-0.1, -0.05) is 29.3 Å². The Kier molecular flexibility index (Phi) is 6.24. The lowest BCUT2D eigenvalue weighted by atomic mass is 10.0. The average Bonchev–Trinajstić information content (AvgIpc) is 2.82. The molecular formula is C25H20ClN3O4. The zero-order valence-electron chi connectivity index (χ0n) is 18.0. The Morgan fingerprint density at radius 3 is 2.45 bits per heavy atom. The normalized spacial score (nSPS) is 10.8. The van der Waals surface area contributed by atoms with E-state index in [1.54, 1.807) is 22.8 Å². The Bertz CT molecular complexity index is 1410. The van der Waals surface area contributed by atoms with E-state index in [1.807, 2.05) is 19.1 Å². The molecule has 2 heterocycles. The summed E-state index contributed by atoms with van der Waals surface area (Å²) in [6.07, 6.45) is 4.35. The fraction of sp³-hybridized carbons (Fsp3) is 0.120. The number of pyridine rings is 2. The van der Waals surface area contributed by atoms with Crippen molar-refractivity contribution >= 4 is 39.9 Å². The summed E-state index contributed by atoms with van der Waals surface area (Å²) < 4.78 is 6.79. The number of nitrogens with zero attached hydrogens (tertiary/aromatic N) is 2. The first-order chi connectivity index (χ1) is 15.9. The summed E-state index contributed by atoms with van der Waals surface area (Å²) in [6.45, 7) is 1.82. The highest BCUT2D eigenvalue weighted by atomic mass is 35.5. The van der Waals surface area contributed by atoms with Crippen molar-refractivity contribution in [2.24, 2.45) is 0 Å². The van der Waals surface area contributed by atoms with Crippen LogP contribution in [0.15, 0.2) is 71.9 Å². The van der Waals surface area contributed by atoms with Gasteiger partial charge in [0.1, 0.15) is 12.3 Å². The minimum Gasteiger partial charge on any atom is -0.495 e. The third kappa shape index (κ3) is 4.63. The van der Waals surface area contributed by atoms with Crippen LogP contribution in [0.3, 0.4) is 0 Å². The van der Waals surface area contributed by atoms with Gasteiger partial charge in [-0.15, -0.1) is 0 Å². The number of carbonyl (C=O) groups is 2. The second-order valence-electron chi connectivity index (χ2n) is 7.48. The second-order valence-corrected chi connectivity index (χ2v) is 7.89. The van der Waals surface area contributed by atoms with E-state index < -0.39 is 11.2 Å². The SMILES string of the molecule is COc1cc2c(=O)c(C(=O)c3ccncc3)cn(CC(=O)Nc3ccc(C)cc3)c2cc1Cl. The Morgan fingerprint density at radius 2 is 1.79 bits per heavy atom. The molecule has 0 aliphatic heterocycles. The molecule has 33 heavy (non-hydrogen) atoms. The summed E-state index contributed by atoms with van der Waals surface area (Å²) in [7, 11) is 1.44. The van der Waals surface area contributed by atoms with E-state index in [1.165, 1.54) is 43.9 Å². The van der Waals surface area contributed by atoms with Gasteiger partial charge in [0.25, 0.3) is 0 Å². The highest BCUT2D eigenvalue weighted by Crippen LogP contribution is 2.29. The number of benzene rings is 2. The van der Waals surface area contributed by atoms with Crippen LogP contribution in [0, 0.1) is 6.92 Å². The molecule has 1 amide bonds. The second kappa shape index (κ2) is 9.26. The van der Waals surface area contributed by atoms with Crippen molar-refractivity contribution in [3.63, 3.8) is 0 Å². The maximum absolute atomic E-state index is 13.2. The molecule has 0 aliphatic carbocycles. The van der Waals surface area contributed by atoms with Crippen LogP contribution in [0.25, 0.3) is 10.9 Å². The molecule has 0 fully saturated rings. The summed E-state index contributed by atoms with van der Waals surface area (Å²) >= 11 is 6.29. The number of rotatable bonds is 6. The molecule has 0 aliphatic rings. The summed E-state index contributed by atoms with van der Waals surface area (Å²) in [4.78, 5) is 43.0. The smallest absolute Gasteiger partial charge is 0.244 e. The first kappa shape index (κ1) is 22.2. The summed E-state index contributed by atoms with van der Waals surface area (Å²) in [6, 6.07) is 13.5. The maximum atomic E-state index is 13.2. The molecule has 166 valence electrons. The van der Waals surface area contributed by atoms with Crippen LogP contribution < -0.4 is 15.5 Å². The van der Waals surface area contributed by atoms with Crippen LogP contribution >= 0.6 is 11.6 Å². The minimum atomic E-state index is -0.475. The molecule has 7 nitrogen and oxygen atoms in total. The average molecular weight is 462 g/mol. The summed E-state index contributed by atoms with van der Waals surface area (Å²) in [5.74, 6) is -0.491. The van der Waals surface area contributed by atoms with Crippen molar-refractivity contribution in [1.29, 1.82) is 0 Å². The quantitative estimate of drug-likeness (QED) is 0.434. The van der Waals surface area contributed by atoms with Gasteiger partial charge in [0.2, 0.25) is 11.3 Å². The lowest BCUT2D eigenvalue weighted by Crippen LogP contribution is -2.24. The van der Waals surface area contributed by atoms with E-state index in [0.717, 1.165) is 5.56 Å². The summed E-state index contributed by atoms with van der Waals surface area (Å²) in [5, 5.41) is 3.33. The third-order valence-electron chi connectivity index (χ3n) is 5.19. The maximum Gasteiger partial charge on any atom is 0.244 e. The van der Waals surface area contributed by atoms with Gasteiger partial charge in [0.15, 0.2) is 5.78 Å². The van der Waals surface area contributed by atoms with Gasteiger partial charge < -0.3 is 14.6 Å². The van der Waals surface area contributed by atoms with Crippen molar-refractivity contribution in [2.45, 2.75) is 13.5 Å². The number of ketones is 1. The number of carbonyl (C=O) groups excluding carboxylic acids is 2. The predicted molar refractivity (Wildman–Crippen MR) is 127 cm³/mol. The highest BCUT2D eigenvalue weighted by Gasteiger charge is 2.20. The largest absolute Gasteiger partial charge is 0.495 e. The number of methoxy groups -OCH3 is 1. The fourth-order valence-electron chi connectivity index (χ4n) is 3.49. The van der Waals surface area contributed by atoms with Gasteiger partial charge in [0.05, 0.1) is 28.6 Å². The lowest BCUT2D eigenvalue weighted by molar-refractivity contribution is -0.116. The number of halogens is 1. The Hall–Kier alpha value is -3.97. The Balaban J connectivity index is 1.81.